The standard InChI is InChI=1S/C81H160NO8P/c1-6-8-10-12-14-16-18-20-22-24-26-28-30-32-34-36-38-40-42-43-45-47-49-51-53-55-57-59-61-63-65-67-69-71-73-80(83)87-77-79(78-89-91(85,86)88-76-75-82(3,4)5)90-81(84)74-72-70-68-66-64-62-60-58-56-54-52-50-48-46-44-41-39-37-35-33-31-29-27-25-23-21-19-17-15-13-11-9-7-2/h25,27,79H,6-24,26,28-78H2,1-5H3/b27-25-. The molecular weight excluding hydrogens is 1150 g/mol. The summed E-state index contributed by atoms with van der Waals surface area (Å²) in [5.41, 5.74) is 0. The van der Waals surface area contributed by atoms with Gasteiger partial charge in [0.2, 0.25) is 0 Å². The van der Waals surface area contributed by atoms with Crippen molar-refractivity contribution in [1.29, 1.82) is 0 Å². The number of likely N-dealkylation sites (N-methyl/N-ethyl adjacent to an activating group) is 1. The van der Waals surface area contributed by atoms with Crippen molar-refractivity contribution in [3.8, 4) is 0 Å². The molecule has 0 amide bonds. The van der Waals surface area contributed by atoms with E-state index in [2.05, 4.69) is 26.0 Å². The summed E-state index contributed by atoms with van der Waals surface area (Å²) in [6.07, 6.45) is 92.1. The fourth-order valence-corrected chi connectivity index (χ4v) is 13.5. The second-order valence-electron chi connectivity index (χ2n) is 29.5. The number of allylic oxidation sites excluding steroid dienone is 2. The predicted molar refractivity (Wildman–Crippen MR) is 393 cm³/mol. The molecule has 0 aliphatic rings. The van der Waals surface area contributed by atoms with Crippen LogP contribution in [0, 0.1) is 0 Å². The van der Waals surface area contributed by atoms with Crippen molar-refractivity contribution in [1.82, 2.24) is 0 Å². The number of nitrogens with zero attached hydrogens (tertiary/aromatic N) is 1. The first-order valence-electron chi connectivity index (χ1n) is 40.9. The Balaban J connectivity index is 3.88. The summed E-state index contributed by atoms with van der Waals surface area (Å²) in [4.78, 5) is 38.2. The molecule has 542 valence electrons. The van der Waals surface area contributed by atoms with Gasteiger partial charge >= 0.3 is 11.9 Å². The third-order valence-electron chi connectivity index (χ3n) is 19.0. The largest absolute Gasteiger partial charge is 0.756 e. The molecule has 0 aromatic rings. The van der Waals surface area contributed by atoms with Crippen molar-refractivity contribution in [2.45, 2.75) is 450 Å². The molecule has 0 heterocycles. The third kappa shape index (κ3) is 77.6. The van der Waals surface area contributed by atoms with E-state index in [0.717, 1.165) is 32.1 Å². The summed E-state index contributed by atoms with van der Waals surface area (Å²) in [5.74, 6) is -0.802. The van der Waals surface area contributed by atoms with E-state index in [4.69, 9.17) is 18.5 Å². The second-order valence-corrected chi connectivity index (χ2v) is 30.9. The Kier molecular flexibility index (Phi) is 72.0. The van der Waals surface area contributed by atoms with Gasteiger partial charge in [-0.25, -0.2) is 0 Å². The van der Waals surface area contributed by atoms with Crippen LogP contribution in [0.2, 0.25) is 0 Å². The first-order chi connectivity index (χ1) is 44.5. The quantitative estimate of drug-likeness (QED) is 0.0195. The van der Waals surface area contributed by atoms with E-state index in [1.807, 2.05) is 21.1 Å². The number of rotatable bonds is 78. The molecule has 0 aliphatic heterocycles. The lowest BCUT2D eigenvalue weighted by Crippen LogP contribution is -2.37. The van der Waals surface area contributed by atoms with Crippen LogP contribution in [0.4, 0.5) is 0 Å². The van der Waals surface area contributed by atoms with Gasteiger partial charge < -0.3 is 27.9 Å². The molecule has 91 heavy (non-hydrogen) atoms. The first-order valence-corrected chi connectivity index (χ1v) is 42.4. The van der Waals surface area contributed by atoms with Gasteiger partial charge in [0.25, 0.3) is 7.82 Å². The number of esters is 2. The smallest absolute Gasteiger partial charge is 0.306 e. The molecule has 2 unspecified atom stereocenters. The molecule has 0 spiro atoms. The maximum Gasteiger partial charge on any atom is 0.306 e. The van der Waals surface area contributed by atoms with Gasteiger partial charge in [-0.2, -0.15) is 0 Å². The van der Waals surface area contributed by atoms with Gasteiger partial charge in [-0.05, 0) is 38.5 Å². The van der Waals surface area contributed by atoms with E-state index in [-0.39, 0.29) is 32.0 Å². The van der Waals surface area contributed by atoms with Crippen LogP contribution in [-0.4, -0.2) is 70.0 Å². The average Bonchev–Trinajstić information content (AvgIpc) is 3.62. The SMILES string of the molecule is CCCCCCCCCC/C=C\CCCCCCCCCCCCCCCCCCCCCCCC(=O)OC(COC(=O)CCCCCCCCCCCCCCCCCCCCCCCCCCCCCCCCCCCC)COP(=O)([O-])OCC[N+](C)(C)C. The summed E-state index contributed by atoms with van der Waals surface area (Å²) in [6, 6.07) is 0. The number of phosphoric ester groups is 1. The lowest BCUT2D eigenvalue weighted by Gasteiger charge is -2.28. The molecule has 0 N–H and O–H groups in total. The molecule has 0 fully saturated rings. The van der Waals surface area contributed by atoms with Gasteiger partial charge in [-0.15, -0.1) is 0 Å². The highest BCUT2D eigenvalue weighted by atomic mass is 31.2. The van der Waals surface area contributed by atoms with E-state index in [1.54, 1.807) is 0 Å². The molecule has 0 radical (unpaired) electrons. The lowest BCUT2D eigenvalue weighted by atomic mass is 10.0. The number of ether oxygens (including phenoxy) is 2. The van der Waals surface area contributed by atoms with Crippen molar-refractivity contribution in [3.63, 3.8) is 0 Å². The van der Waals surface area contributed by atoms with E-state index < -0.39 is 26.5 Å². The zero-order valence-corrected chi connectivity index (χ0v) is 63.0. The number of phosphoric acid groups is 1. The normalized spacial score (nSPS) is 13.0. The molecule has 10 heteroatoms. The van der Waals surface area contributed by atoms with Crippen LogP contribution in [0.25, 0.3) is 0 Å². The lowest BCUT2D eigenvalue weighted by molar-refractivity contribution is -0.870. The van der Waals surface area contributed by atoms with Crippen molar-refractivity contribution < 1.29 is 42.1 Å². The minimum Gasteiger partial charge on any atom is -0.756 e. The molecule has 0 aliphatic carbocycles. The molecule has 0 saturated heterocycles. The molecule has 0 aromatic carbocycles. The second kappa shape index (κ2) is 73.0. The van der Waals surface area contributed by atoms with Crippen LogP contribution in [0.3, 0.4) is 0 Å². The fraction of sp³-hybridized carbons (Fsp3) is 0.951. The molecule has 0 saturated carbocycles. The van der Waals surface area contributed by atoms with Crippen LogP contribution in [0.15, 0.2) is 12.2 Å². The van der Waals surface area contributed by atoms with E-state index in [0.29, 0.717) is 17.4 Å². The molecule has 0 rings (SSSR count). The Morgan fingerprint density at radius 1 is 0.330 bits per heavy atom. The van der Waals surface area contributed by atoms with Crippen LogP contribution in [0.1, 0.15) is 444 Å². The fourth-order valence-electron chi connectivity index (χ4n) is 12.8. The maximum atomic E-state index is 12.9. The van der Waals surface area contributed by atoms with Gasteiger partial charge in [0, 0.05) is 12.8 Å². The first kappa shape index (κ1) is 89.8. The highest BCUT2D eigenvalue weighted by Crippen LogP contribution is 2.38. The third-order valence-corrected chi connectivity index (χ3v) is 20.0. The summed E-state index contributed by atoms with van der Waals surface area (Å²) >= 11 is 0. The summed E-state index contributed by atoms with van der Waals surface area (Å²) in [7, 11) is 1.20. The number of hydrogen-bond donors (Lipinski definition) is 0. The van der Waals surface area contributed by atoms with Crippen LogP contribution >= 0.6 is 7.82 Å². The van der Waals surface area contributed by atoms with Gasteiger partial charge in [-0.3, -0.25) is 14.2 Å². The highest BCUT2D eigenvalue weighted by Gasteiger charge is 2.22. The summed E-state index contributed by atoms with van der Waals surface area (Å²) < 4.78 is 34.4. The van der Waals surface area contributed by atoms with Crippen LogP contribution in [-0.2, 0) is 32.7 Å². The van der Waals surface area contributed by atoms with Gasteiger partial charge in [0.15, 0.2) is 6.10 Å². The Hall–Kier alpha value is -1.25. The van der Waals surface area contributed by atoms with Gasteiger partial charge in [-0.1, -0.05) is 405 Å². The van der Waals surface area contributed by atoms with Gasteiger partial charge in [0.05, 0.1) is 27.7 Å². The van der Waals surface area contributed by atoms with Gasteiger partial charge in [0.1, 0.15) is 19.8 Å². The number of hydrogen-bond acceptors (Lipinski definition) is 8. The number of unbranched alkanes of at least 4 members (excludes halogenated alkanes) is 62. The molecule has 0 aromatic heterocycles. The number of quaternary nitrogens is 1. The monoisotopic (exact) mass is 1310 g/mol. The predicted octanol–water partition coefficient (Wildman–Crippen LogP) is 26.4. The Labute approximate surface area is 568 Å². The maximum absolute atomic E-state index is 12.9. The zero-order chi connectivity index (χ0) is 66.2. The van der Waals surface area contributed by atoms with Crippen molar-refractivity contribution in [2.24, 2.45) is 0 Å². The van der Waals surface area contributed by atoms with E-state index in [1.165, 1.54) is 379 Å². The molecule has 2 atom stereocenters. The van der Waals surface area contributed by atoms with Crippen LogP contribution < -0.4 is 4.89 Å². The van der Waals surface area contributed by atoms with Crippen molar-refractivity contribution in [2.75, 3.05) is 47.5 Å². The average molecular weight is 1310 g/mol. The van der Waals surface area contributed by atoms with E-state index in [9.17, 15) is 19.0 Å². The van der Waals surface area contributed by atoms with Crippen LogP contribution in [0.5, 0.6) is 0 Å². The molecular formula is C81H160NO8P. The summed E-state index contributed by atoms with van der Waals surface area (Å²) in [5, 5.41) is 0. The van der Waals surface area contributed by atoms with Crippen molar-refractivity contribution >= 4 is 19.8 Å². The minimum absolute atomic E-state index is 0.0256. The number of carbonyl (C=O) groups is 2. The Bertz CT molecular complexity index is 1540. The Morgan fingerprint density at radius 3 is 0.813 bits per heavy atom. The highest BCUT2D eigenvalue weighted by molar-refractivity contribution is 7.45. The van der Waals surface area contributed by atoms with Crippen molar-refractivity contribution in [3.05, 3.63) is 12.2 Å². The Morgan fingerprint density at radius 2 is 0.560 bits per heavy atom. The molecule has 0 bridgehead atoms. The van der Waals surface area contributed by atoms with E-state index >= 15 is 0 Å². The summed E-state index contributed by atoms with van der Waals surface area (Å²) in [6.45, 7) is 4.34. The zero-order valence-electron chi connectivity index (χ0n) is 62.1. The topological polar surface area (TPSA) is 111 Å². The minimum atomic E-state index is -4.64. The molecule has 9 nitrogen and oxygen atoms in total. The number of carbonyl (C=O) groups excluding carboxylic acids is 2.